The molecule has 2 rings (SSSR count). The van der Waals surface area contributed by atoms with Gasteiger partial charge >= 0.3 is 0 Å². The van der Waals surface area contributed by atoms with Crippen molar-refractivity contribution in [2.75, 3.05) is 18.9 Å². The number of aromatic nitrogens is 1. The van der Waals surface area contributed by atoms with Crippen LogP contribution in [0.3, 0.4) is 0 Å². The molecule has 1 aromatic heterocycles. The fraction of sp³-hybridized carbons (Fsp3) is 0.600. The van der Waals surface area contributed by atoms with Gasteiger partial charge in [-0.2, -0.15) is 0 Å². The molecule has 0 saturated carbocycles. The van der Waals surface area contributed by atoms with E-state index in [0.717, 1.165) is 12.8 Å². The maximum Gasteiger partial charge on any atom is 0.266 e. The predicted molar refractivity (Wildman–Crippen MR) is 62.4 cm³/mol. The molecule has 1 fully saturated rings. The first kappa shape index (κ1) is 11.3. The van der Waals surface area contributed by atoms with E-state index in [1.54, 1.807) is 11.8 Å². The number of carbonyl (C=O) groups excluding carboxylic acids is 1. The molecule has 0 aromatic carbocycles. The molecule has 1 atom stereocenters. The lowest BCUT2D eigenvalue weighted by Gasteiger charge is -2.22. The van der Waals surface area contributed by atoms with Crippen LogP contribution >= 0.6 is 11.3 Å². The molecule has 1 aliphatic heterocycles. The van der Waals surface area contributed by atoms with E-state index < -0.39 is 0 Å². The maximum absolute atomic E-state index is 12.2. The molecule has 6 heteroatoms. The summed E-state index contributed by atoms with van der Waals surface area (Å²) < 4.78 is 0. The number of likely N-dealkylation sites (tertiary alicyclic amines) is 1. The largest absolute Gasteiger partial charge is 0.394 e. The van der Waals surface area contributed by atoms with Crippen LogP contribution in [0.5, 0.6) is 0 Å². The molecule has 1 aromatic rings. The summed E-state index contributed by atoms with van der Waals surface area (Å²) in [6, 6.07) is -0.0461. The maximum atomic E-state index is 12.2. The highest BCUT2D eigenvalue weighted by atomic mass is 32.1. The van der Waals surface area contributed by atoms with Crippen LogP contribution in [0, 0.1) is 6.92 Å². The van der Waals surface area contributed by atoms with E-state index in [2.05, 4.69) is 4.98 Å². The molecule has 0 aliphatic carbocycles. The van der Waals surface area contributed by atoms with Crippen molar-refractivity contribution in [1.82, 2.24) is 9.88 Å². The first-order valence-electron chi connectivity index (χ1n) is 5.28. The third-order valence-corrected chi connectivity index (χ3v) is 3.83. The average Bonchev–Trinajstić information content (AvgIpc) is 2.83. The number of thiazole rings is 1. The van der Waals surface area contributed by atoms with Gasteiger partial charge in [-0.05, 0) is 19.8 Å². The Balaban J connectivity index is 2.21. The van der Waals surface area contributed by atoms with Crippen molar-refractivity contribution in [3.63, 3.8) is 0 Å². The van der Waals surface area contributed by atoms with Gasteiger partial charge < -0.3 is 15.7 Å². The number of nitrogens with zero attached hydrogens (tertiary/aromatic N) is 2. The summed E-state index contributed by atoms with van der Waals surface area (Å²) in [7, 11) is 0. The standard InChI is InChI=1S/C10H15N3O2S/c1-6-8(16-10(11)12-6)9(15)13-4-2-3-7(13)5-14/h7,14H,2-5H2,1H3,(H2,11,12)/t7-/m0/s1. The van der Waals surface area contributed by atoms with E-state index in [1.165, 1.54) is 11.3 Å². The summed E-state index contributed by atoms with van der Waals surface area (Å²) >= 11 is 1.22. The number of rotatable bonds is 2. The van der Waals surface area contributed by atoms with Gasteiger partial charge in [0, 0.05) is 6.54 Å². The van der Waals surface area contributed by atoms with Crippen LogP contribution in [-0.4, -0.2) is 40.1 Å². The minimum absolute atomic E-state index is 0.0269. The van der Waals surface area contributed by atoms with Crippen LogP contribution in [0.25, 0.3) is 0 Å². The van der Waals surface area contributed by atoms with Gasteiger partial charge in [-0.15, -0.1) is 0 Å². The Morgan fingerprint density at radius 2 is 2.50 bits per heavy atom. The van der Waals surface area contributed by atoms with Crippen LogP contribution in [0.4, 0.5) is 5.13 Å². The smallest absolute Gasteiger partial charge is 0.266 e. The number of nitrogen functional groups attached to an aromatic ring is 1. The summed E-state index contributed by atoms with van der Waals surface area (Å²) in [5.41, 5.74) is 6.25. The number of carbonyl (C=O) groups is 1. The third kappa shape index (κ3) is 1.90. The molecular weight excluding hydrogens is 226 g/mol. The Bertz CT molecular complexity index is 405. The van der Waals surface area contributed by atoms with Crippen LogP contribution in [-0.2, 0) is 0 Å². The van der Waals surface area contributed by atoms with Gasteiger partial charge in [0.15, 0.2) is 5.13 Å². The second kappa shape index (κ2) is 4.39. The highest BCUT2D eigenvalue weighted by molar-refractivity contribution is 7.17. The van der Waals surface area contributed by atoms with E-state index in [0.29, 0.717) is 22.2 Å². The zero-order chi connectivity index (χ0) is 11.7. The highest BCUT2D eigenvalue weighted by Gasteiger charge is 2.30. The summed E-state index contributed by atoms with van der Waals surface area (Å²) in [4.78, 5) is 18.5. The Morgan fingerprint density at radius 1 is 1.75 bits per heavy atom. The second-order valence-electron chi connectivity index (χ2n) is 3.94. The molecule has 88 valence electrons. The quantitative estimate of drug-likeness (QED) is 0.796. The van der Waals surface area contributed by atoms with Crippen molar-refractivity contribution in [2.45, 2.75) is 25.8 Å². The Labute approximate surface area is 97.9 Å². The molecule has 3 N–H and O–H groups in total. The minimum Gasteiger partial charge on any atom is -0.394 e. The Kier molecular flexibility index (Phi) is 3.11. The van der Waals surface area contributed by atoms with Crippen molar-refractivity contribution in [3.8, 4) is 0 Å². The fourth-order valence-electron chi connectivity index (χ4n) is 2.04. The number of hydrogen-bond acceptors (Lipinski definition) is 5. The summed E-state index contributed by atoms with van der Waals surface area (Å²) in [5.74, 6) is -0.0525. The molecular formula is C10H15N3O2S. The number of amides is 1. The molecule has 1 amide bonds. The second-order valence-corrected chi connectivity index (χ2v) is 4.97. The van der Waals surface area contributed by atoms with E-state index in [1.807, 2.05) is 0 Å². The number of hydrogen-bond donors (Lipinski definition) is 2. The zero-order valence-corrected chi connectivity index (χ0v) is 9.96. The van der Waals surface area contributed by atoms with Gasteiger partial charge in [0.2, 0.25) is 0 Å². The minimum atomic E-state index is -0.0525. The van der Waals surface area contributed by atoms with Crippen molar-refractivity contribution in [1.29, 1.82) is 0 Å². The number of nitrogens with two attached hydrogens (primary N) is 1. The van der Waals surface area contributed by atoms with Crippen LogP contribution < -0.4 is 5.73 Å². The predicted octanol–water partition coefficient (Wildman–Crippen LogP) is 0.631. The molecule has 1 aliphatic rings. The van der Waals surface area contributed by atoms with Crippen LogP contribution in [0.1, 0.15) is 28.2 Å². The molecule has 0 spiro atoms. The molecule has 0 unspecified atom stereocenters. The van der Waals surface area contributed by atoms with Crippen LogP contribution in [0.2, 0.25) is 0 Å². The van der Waals surface area contributed by atoms with Gasteiger partial charge in [0.1, 0.15) is 4.88 Å². The summed E-state index contributed by atoms with van der Waals surface area (Å²) in [6.45, 7) is 2.52. The highest BCUT2D eigenvalue weighted by Crippen LogP contribution is 2.25. The van der Waals surface area contributed by atoms with E-state index in [-0.39, 0.29) is 18.6 Å². The molecule has 0 radical (unpaired) electrons. The van der Waals surface area contributed by atoms with Crippen molar-refractivity contribution >= 4 is 22.4 Å². The molecule has 5 nitrogen and oxygen atoms in total. The van der Waals surface area contributed by atoms with Crippen molar-refractivity contribution < 1.29 is 9.90 Å². The molecule has 16 heavy (non-hydrogen) atoms. The van der Waals surface area contributed by atoms with Gasteiger partial charge in [-0.1, -0.05) is 11.3 Å². The first-order chi connectivity index (χ1) is 7.63. The number of anilines is 1. The van der Waals surface area contributed by atoms with Gasteiger partial charge in [-0.3, -0.25) is 4.79 Å². The van der Waals surface area contributed by atoms with Gasteiger partial charge in [0.25, 0.3) is 5.91 Å². The summed E-state index contributed by atoms with van der Waals surface area (Å²) in [5, 5.41) is 9.59. The van der Waals surface area contributed by atoms with Gasteiger partial charge in [-0.25, -0.2) is 4.98 Å². The van der Waals surface area contributed by atoms with Crippen molar-refractivity contribution in [3.05, 3.63) is 10.6 Å². The lowest BCUT2D eigenvalue weighted by atomic mass is 10.2. The summed E-state index contributed by atoms with van der Waals surface area (Å²) in [6.07, 6.45) is 1.82. The normalized spacial score (nSPS) is 20.4. The lowest BCUT2D eigenvalue weighted by Crippen LogP contribution is -2.37. The number of aliphatic hydroxyl groups is 1. The third-order valence-electron chi connectivity index (χ3n) is 2.86. The van der Waals surface area contributed by atoms with E-state index in [9.17, 15) is 9.90 Å². The molecule has 1 saturated heterocycles. The molecule has 2 heterocycles. The zero-order valence-electron chi connectivity index (χ0n) is 9.14. The van der Waals surface area contributed by atoms with Gasteiger partial charge in [0.05, 0.1) is 18.3 Å². The van der Waals surface area contributed by atoms with Crippen LogP contribution in [0.15, 0.2) is 0 Å². The Morgan fingerprint density at radius 3 is 3.06 bits per heavy atom. The SMILES string of the molecule is Cc1nc(N)sc1C(=O)N1CCC[C@H]1CO. The van der Waals surface area contributed by atoms with E-state index in [4.69, 9.17) is 5.73 Å². The number of aryl methyl sites for hydroxylation is 1. The average molecular weight is 241 g/mol. The van der Waals surface area contributed by atoms with E-state index >= 15 is 0 Å². The number of aliphatic hydroxyl groups excluding tert-OH is 1. The van der Waals surface area contributed by atoms with Crippen molar-refractivity contribution in [2.24, 2.45) is 0 Å². The first-order valence-corrected chi connectivity index (χ1v) is 6.10. The topological polar surface area (TPSA) is 79.5 Å². The lowest BCUT2D eigenvalue weighted by molar-refractivity contribution is 0.0681. The monoisotopic (exact) mass is 241 g/mol. The molecule has 0 bridgehead atoms. The fourth-order valence-corrected chi connectivity index (χ4v) is 2.83. The Hall–Kier alpha value is -1.14.